The SMILES string of the molecule is CCOC(=O)/C(=C\O)CCCCOC1CCCCO1. The summed E-state index contributed by atoms with van der Waals surface area (Å²) >= 11 is 0. The van der Waals surface area contributed by atoms with E-state index in [2.05, 4.69) is 0 Å². The molecule has 110 valence electrons. The molecule has 19 heavy (non-hydrogen) atoms. The number of esters is 1. The topological polar surface area (TPSA) is 65.0 Å². The van der Waals surface area contributed by atoms with Gasteiger partial charge < -0.3 is 19.3 Å². The molecule has 1 aliphatic heterocycles. The molecule has 0 amide bonds. The van der Waals surface area contributed by atoms with Crippen molar-refractivity contribution in [3.8, 4) is 0 Å². The number of hydrogen-bond donors (Lipinski definition) is 1. The predicted molar refractivity (Wildman–Crippen MR) is 70.7 cm³/mol. The van der Waals surface area contributed by atoms with Crippen molar-refractivity contribution in [2.75, 3.05) is 19.8 Å². The van der Waals surface area contributed by atoms with E-state index < -0.39 is 5.97 Å². The van der Waals surface area contributed by atoms with Crippen LogP contribution < -0.4 is 0 Å². The number of hydrogen-bond acceptors (Lipinski definition) is 5. The lowest BCUT2D eigenvalue weighted by Crippen LogP contribution is -2.22. The van der Waals surface area contributed by atoms with Crippen molar-refractivity contribution in [3.63, 3.8) is 0 Å². The summed E-state index contributed by atoms with van der Waals surface area (Å²) in [5.74, 6) is -0.443. The van der Waals surface area contributed by atoms with E-state index in [4.69, 9.17) is 19.3 Å². The first kappa shape index (κ1) is 16.0. The lowest BCUT2D eigenvalue weighted by atomic mass is 10.1. The Morgan fingerprint density at radius 2 is 2.26 bits per heavy atom. The highest BCUT2D eigenvalue weighted by molar-refractivity contribution is 5.87. The summed E-state index contributed by atoms with van der Waals surface area (Å²) in [6, 6.07) is 0. The normalized spacial score (nSPS) is 20.3. The fourth-order valence-electron chi connectivity index (χ4n) is 1.92. The summed E-state index contributed by atoms with van der Waals surface area (Å²) in [5.41, 5.74) is 0.316. The van der Waals surface area contributed by atoms with Gasteiger partial charge in [0.05, 0.1) is 18.4 Å². The molecule has 0 saturated carbocycles. The summed E-state index contributed by atoms with van der Waals surface area (Å²) in [5, 5.41) is 8.97. The van der Waals surface area contributed by atoms with Crippen molar-refractivity contribution < 1.29 is 24.1 Å². The molecule has 1 saturated heterocycles. The Kier molecular flexibility index (Phi) is 8.25. The number of unbranched alkanes of at least 4 members (excludes halogenated alkanes) is 1. The first-order chi connectivity index (χ1) is 9.27. The molecule has 5 heteroatoms. The molecule has 1 heterocycles. The van der Waals surface area contributed by atoms with Crippen molar-refractivity contribution in [1.29, 1.82) is 0 Å². The lowest BCUT2D eigenvalue weighted by molar-refractivity contribution is -0.162. The molecule has 1 N–H and O–H groups in total. The average molecular weight is 272 g/mol. The van der Waals surface area contributed by atoms with Gasteiger partial charge in [0.1, 0.15) is 0 Å². The largest absolute Gasteiger partial charge is 0.515 e. The van der Waals surface area contributed by atoms with Crippen LogP contribution in [0.5, 0.6) is 0 Å². The van der Waals surface area contributed by atoms with Gasteiger partial charge in [0.2, 0.25) is 0 Å². The molecule has 0 bridgehead atoms. The van der Waals surface area contributed by atoms with Crippen molar-refractivity contribution in [2.45, 2.75) is 51.7 Å². The van der Waals surface area contributed by atoms with Gasteiger partial charge >= 0.3 is 5.97 Å². The fraction of sp³-hybridized carbons (Fsp3) is 0.786. The quantitative estimate of drug-likeness (QED) is 0.318. The van der Waals surface area contributed by atoms with E-state index in [9.17, 15) is 4.79 Å². The molecule has 0 aliphatic carbocycles. The zero-order valence-electron chi connectivity index (χ0n) is 11.6. The summed E-state index contributed by atoms with van der Waals surface area (Å²) in [7, 11) is 0. The minimum atomic E-state index is -0.443. The number of aliphatic hydroxyl groups excluding tert-OH is 1. The van der Waals surface area contributed by atoms with E-state index in [1.54, 1.807) is 6.92 Å². The van der Waals surface area contributed by atoms with Crippen LogP contribution in [0.3, 0.4) is 0 Å². The Morgan fingerprint density at radius 3 is 2.89 bits per heavy atom. The molecule has 1 atom stereocenters. The molecule has 0 aromatic carbocycles. The zero-order valence-corrected chi connectivity index (χ0v) is 11.6. The van der Waals surface area contributed by atoms with Crippen molar-refractivity contribution in [2.24, 2.45) is 0 Å². The van der Waals surface area contributed by atoms with Crippen LogP contribution in [0.25, 0.3) is 0 Å². The third kappa shape index (κ3) is 6.59. The number of carbonyl (C=O) groups excluding carboxylic acids is 1. The van der Waals surface area contributed by atoms with Crippen LogP contribution in [0, 0.1) is 0 Å². The van der Waals surface area contributed by atoms with E-state index in [1.807, 2.05) is 0 Å². The summed E-state index contributed by atoms with van der Waals surface area (Å²) in [4.78, 5) is 11.4. The fourth-order valence-corrected chi connectivity index (χ4v) is 1.92. The average Bonchev–Trinajstić information content (AvgIpc) is 2.44. The van der Waals surface area contributed by atoms with Gasteiger partial charge in [-0.15, -0.1) is 0 Å². The van der Waals surface area contributed by atoms with Crippen molar-refractivity contribution in [3.05, 3.63) is 11.8 Å². The van der Waals surface area contributed by atoms with Crippen molar-refractivity contribution in [1.82, 2.24) is 0 Å². The summed E-state index contributed by atoms with van der Waals surface area (Å²) in [6.07, 6.45) is 6.12. The molecular formula is C14H24O5. The lowest BCUT2D eigenvalue weighted by Gasteiger charge is -2.22. The molecule has 0 aromatic heterocycles. The van der Waals surface area contributed by atoms with Gasteiger partial charge in [-0.2, -0.15) is 0 Å². The Balaban J connectivity index is 2.07. The molecule has 1 unspecified atom stereocenters. The first-order valence-corrected chi connectivity index (χ1v) is 7.01. The highest BCUT2D eigenvalue weighted by Gasteiger charge is 2.14. The Labute approximate surface area is 114 Å². The maximum absolute atomic E-state index is 11.4. The molecule has 1 fully saturated rings. The second kappa shape index (κ2) is 9.81. The van der Waals surface area contributed by atoms with Gasteiger partial charge in [0.25, 0.3) is 0 Å². The van der Waals surface area contributed by atoms with Gasteiger partial charge in [-0.1, -0.05) is 0 Å². The van der Waals surface area contributed by atoms with E-state index in [1.165, 1.54) is 0 Å². The zero-order chi connectivity index (χ0) is 13.9. The van der Waals surface area contributed by atoms with E-state index >= 15 is 0 Å². The van der Waals surface area contributed by atoms with Crippen LogP contribution >= 0.6 is 0 Å². The van der Waals surface area contributed by atoms with Crippen LogP contribution in [0.1, 0.15) is 45.4 Å². The molecule has 0 radical (unpaired) electrons. The number of ether oxygens (including phenoxy) is 3. The van der Waals surface area contributed by atoms with Gasteiger partial charge in [-0.05, 0) is 45.4 Å². The maximum atomic E-state index is 11.4. The minimum Gasteiger partial charge on any atom is -0.515 e. The standard InChI is InChI=1S/C14H24O5/c1-2-17-14(16)12(11-15)7-3-5-9-18-13-8-4-6-10-19-13/h11,13,15H,2-10H2,1H3/b12-11-. The molecule has 1 aliphatic rings. The number of aliphatic hydroxyl groups is 1. The maximum Gasteiger partial charge on any atom is 0.337 e. The van der Waals surface area contributed by atoms with Crippen LogP contribution in [0.4, 0.5) is 0 Å². The molecule has 5 nitrogen and oxygen atoms in total. The summed E-state index contributed by atoms with van der Waals surface area (Å²) in [6.45, 7) is 3.46. The van der Waals surface area contributed by atoms with Gasteiger partial charge in [0.15, 0.2) is 6.29 Å². The van der Waals surface area contributed by atoms with E-state index in [-0.39, 0.29) is 6.29 Å². The van der Waals surface area contributed by atoms with Gasteiger partial charge in [-0.3, -0.25) is 0 Å². The molecule has 1 rings (SSSR count). The van der Waals surface area contributed by atoms with E-state index in [0.717, 1.165) is 45.0 Å². The third-order valence-corrected chi connectivity index (χ3v) is 2.98. The first-order valence-electron chi connectivity index (χ1n) is 7.01. The number of rotatable bonds is 8. The van der Waals surface area contributed by atoms with Crippen LogP contribution in [-0.2, 0) is 19.0 Å². The number of carbonyl (C=O) groups is 1. The van der Waals surface area contributed by atoms with Gasteiger partial charge in [-0.25, -0.2) is 4.79 Å². The van der Waals surface area contributed by atoms with Crippen LogP contribution in [-0.4, -0.2) is 37.2 Å². The van der Waals surface area contributed by atoms with Gasteiger partial charge in [0, 0.05) is 13.2 Å². The van der Waals surface area contributed by atoms with Crippen molar-refractivity contribution >= 4 is 5.97 Å². The Morgan fingerprint density at radius 1 is 1.42 bits per heavy atom. The second-order valence-corrected chi connectivity index (χ2v) is 4.50. The van der Waals surface area contributed by atoms with Crippen LogP contribution in [0.2, 0.25) is 0 Å². The second-order valence-electron chi connectivity index (χ2n) is 4.50. The van der Waals surface area contributed by atoms with Crippen LogP contribution in [0.15, 0.2) is 11.8 Å². The summed E-state index contributed by atoms with van der Waals surface area (Å²) < 4.78 is 15.9. The molecular weight excluding hydrogens is 248 g/mol. The monoisotopic (exact) mass is 272 g/mol. The minimum absolute atomic E-state index is 0.0633. The third-order valence-electron chi connectivity index (χ3n) is 2.98. The highest BCUT2D eigenvalue weighted by Crippen LogP contribution is 2.15. The highest BCUT2D eigenvalue weighted by atomic mass is 16.7. The predicted octanol–water partition coefficient (Wildman–Crippen LogP) is 2.70. The Bertz CT molecular complexity index is 282. The molecule has 0 spiro atoms. The smallest absolute Gasteiger partial charge is 0.337 e. The molecule has 0 aromatic rings. The Hall–Kier alpha value is -1.07. The van der Waals surface area contributed by atoms with E-state index in [0.29, 0.717) is 25.2 Å².